The number of hydrogen-bond acceptors (Lipinski definition) is 3. The molecular weight excluding hydrogens is 826 g/mol. The van der Waals surface area contributed by atoms with E-state index in [0.717, 1.165) is 98.6 Å². The fourth-order valence-electron chi connectivity index (χ4n) is 7.33. The van der Waals surface area contributed by atoms with Crippen molar-refractivity contribution in [2.45, 2.75) is 33.5 Å². The van der Waals surface area contributed by atoms with Crippen molar-refractivity contribution >= 4 is 77.2 Å². The van der Waals surface area contributed by atoms with E-state index in [4.69, 9.17) is 14.4 Å². The van der Waals surface area contributed by atoms with Gasteiger partial charge >= 0.3 is 0 Å². The van der Waals surface area contributed by atoms with E-state index in [1.165, 1.54) is 11.1 Å². The standard InChI is InChI=1S/C51H40IN3OSi/c1-32-6-12-35(13-7-32)48-40-22-23-41(53-40)49(36-16-10-34(11-17-36)30-31-57(3,4)5)43-25-26-44(55-43)50(37-14-8-33(2)9-15-37)46-28-29-47(56-46)51(45-27-24-42(48)54-45)38-18-20-39(52)21-19-38/h6-29,53H,1-5H3. The van der Waals surface area contributed by atoms with Gasteiger partial charge in [0.25, 0.3) is 0 Å². The lowest BCUT2D eigenvalue weighted by molar-refractivity contribution is 0.667. The predicted octanol–water partition coefficient (Wildman–Crippen LogP) is 14.0. The molecule has 6 heteroatoms. The van der Waals surface area contributed by atoms with E-state index in [-0.39, 0.29) is 0 Å². The van der Waals surface area contributed by atoms with Crippen LogP contribution >= 0.6 is 22.6 Å². The Kier molecular flexibility index (Phi) is 9.52. The molecule has 0 radical (unpaired) electrons. The summed E-state index contributed by atoms with van der Waals surface area (Å²) in [6.07, 6.45) is 8.47. The Hall–Kier alpha value is -6.01. The fraction of sp³-hybridized carbons (Fsp3) is 0.0980. The number of hydrogen-bond donors (Lipinski definition) is 1. The zero-order valence-electron chi connectivity index (χ0n) is 32.5. The maximum absolute atomic E-state index is 6.95. The van der Waals surface area contributed by atoms with Crippen LogP contribution in [0.15, 0.2) is 126 Å². The first-order valence-corrected chi connectivity index (χ1v) is 23.7. The first-order chi connectivity index (χ1) is 27.6. The summed E-state index contributed by atoms with van der Waals surface area (Å²) in [5.41, 5.74) is 21.8. The number of nitrogens with zero attached hydrogens (tertiary/aromatic N) is 2. The molecule has 2 aliphatic rings. The highest BCUT2D eigenvalue weighted by Gasteiger charge is 2.20. The van der Waals surface area contributed by atoms with E-state index in [1.807, 2.05) is 0 Å². The molecule has 57 heavy (non-hydrogen) atoms. The molecule has 5 heterocycles. The molecule has 4 aromatic carbocycles. The van der Waals surface area contributed by atoms with Crippen LogP contribution in [0.3, 0.4) is 0 Å². The monoisotopic (exact) mass is 865 g/mol. The molecular formula is C51H40IN3OSi. The van der Waals surface area contributed by atoms with Gasteiger partial charge in [0.05, 0.1) is 33.9 Å². The normalized spacial score (nSPS) is 12.1. The van der Waals surface area contributed by atoms with Crippen LogP contribution in [-0.2, 0) is 0 Å². The van der Waals surface area contributed by atoms with E-state index in [2.05, 4.69) is 218 Å². The van der Waals surface area contributed by atoms with Crippen LogP contribution in [0.25, 0.3) is 91.0 Å². The van der Waals surface area contributed by atoms with Gasteiger partial charge in [0, 0.05) is 31.3 Å². The Balaban J connectivity index is 1.42. The molecule has 0 saturated carbocycles. The minimum atomic E-state index is -1.53. The molecule has 3 aromatic heterocycles. The Morgan fingerprint density at radius 3 is 1.32 bits per heavy atom. The van der Waals surface area contributed by atoms with E-state index in [9.17, 15) is 0 Å². The summed E-state index contributed by atoms with van der Waals surface area (Å²) in [5.74, 6) is 3.42. The molecule has 0 amide bonds. The van der Waals surface area contributed by atoms with Gasteiger partial charge in [-0.3, -0.25) is 0 Å². The van der Waals surface area contributed by atoms with E-state index >= 15 is 0 Å². The van der Waals surface area contributed by atoms with Crippen molar-refractivity contribution in [1.29, 1.82) is 0 Å². The molecule has 0 atom stereocenters. The minimum absolute atomic E-state index is 0.737. The Bertz CT molecular complexity index is 2940. The maximum atomic E-state index is 6.95. The lowest BCUT2D eigenvalue weighted by atomic mass is 10.0. The van der Waals surface area contributed by atoms with Crippen LogP contribution in [0.1, 0.15) is 39.5 Å². The molecule has 0 aliphatic carbocycles. The number of halogens is 1. The zero-order chi connectivity index (χ0) is 39.3. The summed E-state index contributed by atoms with van der Waals surface area (Å²) in [5, 5.41) is 0. The van der Waals surface area contributed by atoms with Gasteiger partial charge in [-0.2, -0.15) is 0 Å². The summed E-state index contributed by atoms with van der Waals surface area (Å²) in [4.78, 5) is 14.7. The molecule has 4 nitrogen and oxygen atoms in total. The van der Waals surface area contributed by atoms with Gasteiger partial charge in [-0.1, -0.05) is 109 Å². The molecule has 0 spiro atoms. The number of rotatable bonds is 4. The van der Waals surface area contributed by atoms with Crippen molar-refractivity contribution in [2.24, 2.45) is 0 Å². The number of aryl methyl sites for hydroxylation is 2. The zero-order valence-corrected chi connectivity index (χ0v) is 35.7. The second kappa shape index (κ2) is 14.8. The molecule has 9 rings (SSSR count). The van der Waals surface area contributed by atoms with Gasteiger partial charge in [0.15, 0.2) is 0 Å². The summed E-state index contributed by atoms with van der Waals surface area (Å²) in [6.45, 7) is 11.0. The molecule has 276 valence electrons. The highest BCUT2D eigenvalue weighted by molar-refractivity contribution is 14.1. The number of H-pyrrole nitrogens is 1. The van der Waals surface area contributed by atoms with Crippen molar-refractivity contribution in [3.05, 3.63) is 164 Å². The average molecular weight is 866 g/mol. The number of benzene rings is 4. The number of furan rings is 1. The van der Waals surface area contributed by atoms with E-state index in [0.29, 0.717) is 0 Å². The molecule has 1 N–H and O–H groups in total. The SMILES string of the molecule is Cc1ccc(-c2c3nc(c(-c4ccc(I)cc4)c4ccc(o4)c(-c4ccc(C)cc4)c4nc(c(-c5ccc(C#C[Si](C)(C)C)cc5)c5ccc2[nH]5)C=C4)C=C3)cc1. The van der Waals surface area contributed by atoms with Crippen molar-refractivity contribution in [3.63, 3.8) is 0 Å². The van der Waals surface area contributed by atoms with Gasteiger partial charge in [0.2, 0.25) is 0 Å². The molecule has 0 unspecified atom stereocenters. The summed E-state index contributed by atoms with van der Waals surface area (Å²) < 4.78 is 8.11. The number of fused-ring (bicyclic) bond motifs is 8. The summed E-state index contributed by atoms with van der Waals surface area (Å²) in [7, 11) is -1.53. The van der Waals surface area contributed by atoms with Crippen molar-refractivity contribution < 1.29 is 4.42 Å². The number of aromatic amines is 1. The molecule has 7 aromatic rings. The van der Waals surface area contributed by atoms with Crippen molar-refractivity contribution in [1.82, 2.24) is 15.0 Å². The Labute approximate surface area is 348 Å². The lowest BCUT2D eigenvalue weighted by Gasteiger charge is -2.07. The van der Waals surface area contributed by atoms with Crippen LogP contribution < -0.4 is 0 Å². The van der Waals surface area contributed by atoms with Gasteiger partial charge in [0.1, 0.15) is 19.2 Å². The summed E-state index contributed by atoms with van der Waals surface area (Å²) in [6, 6.07) is 42.8. The average Bonchev–Trinajstić information content (AvgIpc) is 4.04. The Morgan fingerprint density at radius 2 is 0.877 bits per heavy atom. The van der Waals surface area contributed by atoms with Crippen molar-refractivity contribution in [3.8, 4) is 56.0 Å². The van der Waals surface area contributed by atoms with Gasteiger partial charge < -0.3 is 9.40 Å². The topological polar surface area (TPSA) is 54.7 Å². The Morgan fingerprint density at radius 1 is 0.491 bits per heavy atom. The highest BCUT2D eigenvalue weighted by atomic mass is 127. The minimum Gasteiger partial charge on any atom is -0.456 e. The van der Waals surface area contributed by atoms with Crippen LogP contribution in [0.5, 0.6) is 0 Å². The second-order valence-electron chi connectivity index (χ2n) is 15.7. The predicted molar refractivity (Wildman–Crippen MR) is 251 cm³/mol. The molecule has 0 saturated heterocycles. The lowest BCUT2D eigenvalue weighted by Crippen LogP contribution is -2.16. The third-order valence-electron chi connectivity index (χ3n) is 10.2. The quantitative estimate of drug-likeness (QED) is 0.109. The van der Waals surface area contributed by atoms with Crippen LogP contribution in [-0.4, -0.2) is 23.0 Å². The van der Waals surface area contributed by atoms with E-state index in [1.54, 1.807) is 0 Å². The summed E-state index contributed by atoms with van der Waals surface area (Å²) >= 11 is 2.35. The largest absolute Gasteiger partial charge is 0.456 e. The van der Waals surface area contributed by atoms with Gasteiger partial charge in [-0.15, -0.1) is 5.54 Å². The number of aromatic nitrogens is 3. The van der Waals surface area contributed by atoms with Gasteiger partial charge in [-0.25, -0.2) is 9.97 Å². The fourth-order valence-corrected chi connectivity index (χ4v) is 8.21. The van der Waals surface area contributed by atoms with E-state index < -0.39 is 8.07 Å². The first kappa shape index (κ1) is 36.6. The van der Waals surface area contributed by atoms with Crippen molar-refractivity contribution in [2.75, 3.05) is 0 Å². The third-order valence-corrected chi connectivity index (χ3v) is 11.8. The smallest absolute Gasteiger partial charge is 0.137 e. The third kappa shape index (κ3) is 7.49. The maximum Gasteiger partial charge on any atom is 0.137 e. The second-order valence-corrected chi connectivity index (χ2v) is 21.7. The van der Waals surface area contributed by atoms with Crippen LogP contribution in [0.2, 0.25) is 19.6 Å². The van der Waals surface area contributed by atoms with Crippen LogP contribution in [0, 0.1) is 28.9 Å². The molecule has 8 bridgehead atoms. The highest BCUT2D eigenvalue weighted by Crippen LogP contribution is 2.39. The molecule has 0 fully saturated rings. The number of nitrogens with one attached hydrogen (secondary N) is 1. The van der Waals surface area contributed by atoms with Gasteiger partial charge in [-0.05, 0) is 132 Å². The first-order valence-electron chi connectivity index (χ1n) is 19.2. The van der Waals surface area contributed by atoms with Crippen LogP contribution in [0.4, 0.5) is 0 Å². The molecule has 2 aliphatic heterocycles.